The Morgan fingerprint density at radius 2 is 2.20 bits per heavy atom. The molecule has 3 unspecified atom stereocenters. The Balaban J connectivity index is 2.69. The summed E-state index contributed by atoms with van der Waals surface area (Å²) in [6.45, 7) is 9.70. The van der Waals surface area contributed by atoms with Crippen LogP contribution in [0.5, 0.6) is 0 Å². The largest absolute Gasteiger partial charge is 0.394 e. The molecule has 120 valence electrons. The molecule has 0 heterocycles. The highest BCUT2D eigenvalue weighted by molar-refractivity contribution is 4.97. The van der Waals surface area contributed by atoms with E-state index in [1.807, 2.05) is 0 Å². The van der Waals surface area contributed by atoms with E-state index in [0.29, 0.717) is 12.1 Å². The lowest BCUT2D eigenvalue weighted by Gasteiger charge is -2.46. The number of rotatable bonds is 9. The van der Waals surface area contributed by atoms with Crippen LogP contribution in [0.3, 0.4) is 0 Å². The SMILES string of the molecule is CCCNC1(CO)CCCC(N(CC)C(C)COC)C1. The predicted octanol–water partition coefficient (Wildman–Crippen LogP) is 2.02. The molecule has 4 heteroatoms. The van der Waals surface area contributed by atoms with E-state index in [0.717, 1.165) is 39.0 Å². The minimum absolute atomic E-state index is 0.0703. The molecule has 1 rings (SSSR count). The first-order valence-electron chi connectivity index (χ1n) is 8.23. The van der Waals surface area contributed by atoms with Crippen molar-refractivity contribution in [1.82, 2.24) is 10.2 Å². The molecule has 20 heavy (non-hydrogen) atoms. The van der Waals surface area contributed by atoms with Crippen molar-refractivity contribution in [2.24, 2.45) is 0 Å². The standard InChI is InChI=1S/C16H34N2O2/c1-5-10-17-16(13-19)9-7-8-15(11-16)18(6-2)14(3)12-20-4/h14-15,17,19H,5-13H2,1-4H3. The molecule has 0 saturated heterocycles. The number of ether oxygens (including phenoxy) is 1. The molecule has 0 spiro atoms. The van der Waals surface area contributed by atoms with Crippen molar-refractivity contribution < 1.29 is 9.84 Å². The van der Waals surface area contributed by atoms with Gasteiger partial charge in [0.25, 0.3) is 0 Å². The number of aliphatic hydroxyl groups excluding tert-OH is 1. The van der Waals surface area contributed by atoms with Crippen molar-refractivity contribution in [3.8, 4) is 0 Å². The van der Waals surface area contributed by atoms with E-state index < -0.39 is 0 Å². The molecule has 1 saturated carbocycles. The van der Waals surface area contributed by atoms with Crippen LogP contribution in [-0.4, -0.2) is 61.0 Å². The first-order valence-corrected chi connectivity index (χ1v) is 8.23. The van der Waals surface area contributed by atoms with Crippen LogP contribution in [-0.2, 0) is 4.74 Å². The van der Waals surface area contributed by atoms with Crippen LogP contribution in [0.4, 0.5) is 0 Å². The Hall–Kier alpha value is -0.160. The topological polar surface area (TPSA) is 44.7 Å². The maximum absolute atomic E-state index is 9.88. The lowest BCUT2D eigenvalue weighted by Crippen LogP contribution is -2.57. The molecular weight excluding hydrogens is 252 g/mol. The van der Waals surface area contributed by atoms with Gasteiger partial charge in [-0.25, -0.2) is 0 Å². The smallest absolute Gasteiger partial charge is 0.0615 e. The summed E-state index contributed by atoms with van der Waals surface area (Å²) >= 11 is 0. The number of methoxy groups -OCH3 is 1. The molecule has 2 N–H and O–H groups in total. The molecule has 0 amide bonds. The number of nitrogens with zero attached hydrogens (tertiary/aromatic N) is 1. The second-order valence-corrected chi connectivity index (χ2v) is 6.25. The summed E-state index contributed by atoms with van der Waals surface area (Å²) in [7, 11) is 1.77. The van der Waals surface area contributed by atoms with E-state index in [9.17, 15) is 5.11 Å². The third-order valence-electron chi connectivity index (χ3n) is 4.68. The Kier molecular flexibility index (Phi) is 8.03. The van der Waals surface area contributed by atoms with Gasteiger partial charge in [-0.2, -0.15) is 0 Å². The maximum Gasteiger partial charge on any atom is 0.0615 e. The maximum atomic E-state index is 9.88. The number of likely N-dealkylation sites (N-methyl/N-ethyl adjacent to an activating group) is 1. The molecule has 0 bridgehead atoms. The van der Waals surface area contributed by atoms with Crippen molar-refractivity contribution in [1.29, 1.82) is 0 Å². The lowest BCUT2D eigenvalue weighted by atomic mass is 9.78. The highest BCUT2D eigenvalue weighted by Gasteiger charge is 2.38. The first-order chi connectivity index (χ1) is 9.62. The molecule has 0 aliphatic heterocycles. The third kappa shape index (κ3) is 4.69. The number of hydrogen-bond donors (Lipinski definition) is 2. The van der Waals surface area contributed by atoms with E-state index in [2.05, 4.69) is 31.0 Å². The van der Waals surface area contributed by atoms with Gasteiger partial charge in [0.1, 0.15) is 0 Å². The van der Waals surface area contributed by atoms with Gasteiger partial charge in [-0.05, 0) is 52.1 Å². The van der Waals surface area contributed by atoms with Gasteiger partial charge >= 0.3 is 0 Å². The van der Waals surface area contributed by atoms with E-state index in [1.54, 1.807) is 7.11 Å². The molecule has 1 aliphatic carbocycles. The fourth-order valence-electron chi connectivity index (χ4n) is 3.63. The summed E-state index contributed by atoms with van der Waals surface area (Å²) in [5.41, 5.74) is -0.0703. The molecule has 4 nitrogen and oxygen atoms in total. The van der Waals surface area contributed by atoms with Gasteiger partial charge in [0, 0.05) is 24.7 Å². The van der Waals surface area contributed by atoms with E-state index in [1.165, 1.54) is 12.8 Å². The van der Waals surface area contributed by atoms with Gasteiger partial charge in [-0.15, -0.1) is 0 Å². The quantitative estimate of drug-likeness (QED) is 0.681. The van der Waals surface area contributed by atoms with Crippen LogP contribution < -0.4 is 5.32 Å². The average Bonchev–Trinajstić information content (AvgIpc) is 2.46. The third-order valence-corrected chi connectivity index (χ3v) is 4.68. The Morgan fingerprint density at radius 1 is 1.45 bits per heavy atom. The van der Waals surface area contributed by atoms with E-state index in [4.69, 9.17) is 4.74 Å². The molecule has 0 aromatic rings. The second kappa shape index (κ2) is 8.98. The Morgan fingerprint density at radius 3 is 2.75 bits per heavy atom. The normalized spacial score (nSPS) is 28.8. The van der Waals surface area contributed by atoms with Gasteiger partial charge in [-0.1, -0.05) is 13.8 Å². The summed E-state index contributed by atoms with van der Waals surface area (Å²) in [4.78, 5) is 2.54. The van der Waals surface area contributed by atoms with Crippen molar-refractivity contribution in [2.45, 2.75) is 70.5 Å². The Labute approximate surface area is 124 Å². The van der Waals surface area contributed by atoms with Crippen LogP contribution in [0, 0.1) is 0 Å². The second-order valence-electron chi connectivity index (χ2n) is 6.25. The molecule has 0 aromatic carbocycles. The van der Waals surface area contributed by atoms with Crippen LogP contribution in [0.1, 0.15) is 52.9 Å². The molecule has 0 radical (unpaired) electrons. The number of hydrogen-bond acceptors (Lipinski definition) is 4. The monoisotopic (exact) mass is 286 g/mol. The summed E-state index contributed by atoms with van der Waals surface area (Å²) in [6, 6.07) is 0.992. The van der Waals surface area contributed by atoms with Crippen molar-refractivity contribution >= 4 is 0 Å². The van der Waals surface area contributed by atoms with Crippen molar-refractivity contribution in [3.05, 3.63) is 0 Å². The zero-order chi connectivity index (χ0) is 15.0. The number of nitrogens with one attached hydrogen (secondary N) is 1. The average molecular weight is 286 g/mol. The van der Waals surface area contributed by atoms with Crippen LogP contribution in [0.2, 0.25) is 0 Å². The first kappa shape index (κ1) is 17.9. The molecule has 3 atom stereocenters. The van der Waals surface area contributed by atoms with Gasteiger partial charge in [0.2, 0.25) is 0 Å². The fraction of sp³-hybridized carbons (Fsp3) is 1.00. The van der Waals surface area contributed by atoms with Crippen LogP contribution in [0.15, 0.2) is 0 Å². The number of aliphatic hydroxyl groups is 1. The minimum Gasteiger partial charge on any atom is -0.394 e. The van der Waals surface area contributed by atoms with Crippen molar-refractivity contribution in [2.75, 3.05) is 33.4 Å². The van der Waals surface area contributed by atoms with Crippen LogP contribution in [0.25, 0.3) is 0 Å². The van der Waals surface area contributed by atoms with Gasteiger partial charge < -0.3 is 15.2 Å². The highest BCUT2D eigenvalue weighted by Crippen LogP contribution is 2.32. The summed E-state index contributed by atoms with van der Waals surface area (Å²) in [5, 5.41) is 13.5. The Bertz CT molecular complexity index is 263. The van der Waals surface area contributed by atoms with E-state index >= 15 is 0 Å². The van der Waals surface area contributed by atoms with Gasteiger partial charge in [-0.3, -0.25) is 4.90 Å². The fourth-order valence-corrected chi connectivity index (χ4v) is 3.63. The predicted molar refractivity (Wildman–Crippen MR) is 84.1 cm³/mol. The van der Waals surface area contributed by atoms with Gasteiger partial charge in [0.15, 0.2) is 0 Å². The van der Waals surface area contributed by atoms with Gasteiger partial charge in [0.05, 0.1) is 13.2 Å². The zero-order valence-electron chi connectivity index (χ0n) is 13.8. The lowest BCUT2D eigenvalue weighted by molar-refractivity contribution is 0.0220. The molecule has 1 fully saturated rings. The van der Waals surface area contributed by atoms with E-state index in [-0.39, 0.29) is 12.1 Å². The minimum atomic E-state index is -0.0703. The summed E-state index contributed by atoms with van der Waals surface area (Å²) in [5.74, 6) is 0. The zero-order valence-corrected chi connectivity index (χ0v) is 13.8. The van der Waals surface area contributed by atoms with Crippen LogP contribution >= 0.6 is 0 Å². The molecular formula is C16H34N2O2. The molecule has 0 aromatic heterocycles. The highest BCUT2D eigenvalue weighted by atomic mass is 16.5. The molecule has 1 aliphatic rings. The summed E-state index contributed by atoms with van der Waals surface area (Å²) in [6.07, 6.45) is 5.68. The van der Waals surface area contributed by atoms with Crippen molar-refractivity contribution in [3.63, 3.8) is 0 Å². The summed E-state index contributed by atoms with van der Waals surface area (Å²) < 4.78 is 5.31.